The molecule has 1 heterocycles. The fourth-order valence-corrected chi connectivity index (χ4v) is 2.30. The number of benzene rings is 1. The summed E-state index contributed by atoms with van der Waals surface area (Å²) in [6.45, 7) is 1.98. The summed E-state index contributed by atoms with van der Waals surface area (Å²) >= 11 is 12.1. The molecule has 0 spiro atoms. The number of carbonyl (C=O) groups excluding carboxylic acids is 1. The molecule has 2 aromatic rings. The third kappa shape index (κ3) is 3.46. The molecule has 1 aromatic heterocycles. The van der Waals surface area contributed by atoms with Gasteiger partial charge in [0.15, 0.2) is 0 Å². The van der Waals surface area contributed by atoms with Crippen LogP contribution >= 0.6 is 23.2 Å². The molecule has 21 heavy (non-hydrogen) atoms. The lowest BCUT2D eigenvalue weighted by molar-refractivity contribution is 0.0526. The summed E-state index contributed by atoms with van der Waals surface area (Å²) in [5, 5.41) is 0.244. The number of pyridine rings is 1. The van der Waals surface area contributed by atoms with Crippen LogP contribution < -0.4 is 4.74 Å². The predicted octanol–water partition coefficient (Wildman–Crippen LogP) is 4.24. The molecular weight excluding hydrogens is 313 g/mol. The van der Waals surface area contributed by atoms with Crippen molar-refractivity contribution >= 4 is 29.2 Å². The molecule has 0 aliphatic carbocycles. The van der Waals surface area contributed by atoms with Gasteiger partial charge in [0, 0.05) is 5.56 Å². The van der Waals surface area contributed by atoms with E-state index >= 15 is 0 Å². The lowest BCUT2D eigenvalue weighted by Gasteiger charge is -2.09. The summed E-state index contributed by atoms with van der Waals surface area (Å²) in [7, 11) is 1.59. The average molecular weight is 326 g/mol. The molecular formula is C15H13Cl2NO3. The predicted molar refractivity (Wildman–Crippen MR) is 82.2 cm³/mol. The second-order valence-corrected chi connectivity index (χ2v) is 4.83. The highest BCUT2D eigenvalue weighted by atomic mass is 35.5. The quantitative estimate of drug-likeness (QED) is 0.623. The van der Waals surface area contributed by atoms with Gasteiger partial charge in [0.05, 0.1) is 19.3 Å². The van der Waals surface area contributed by atoms with Gasteiger partial charge in [-0.1, -0.05) is 35.3 Å². The average Bonchev–Trinajstić information content (AvgIpc) is 2.48. The van der Waals surface area contributed by atoms with Crippen molar-refractivity contribution in [2.24, 2.45) is 0 Å². The molecule has 0 saturated carbocycles. The molecule has 0 bridgehead atoms. The third-order valence-corrected chi connectivity index (χ3v) is 3.40. The number of rotatable bonds is 4. The molecule has 6 heteroatoms. The number of nitrogens with zero attached hydrogens (tertiary/aromatic N) is 1. The smallest absolute Gasteiger partial charge is 0.341 e. The summed E-state index contributed by atoms with van der Waals surface area (Å²) in [6.07, 6.45) is 0. The summed E-state index contributed by atoms with van der Waals surface area (Å²) < 4.78 is 10.1. The standard InChI is InChI=1S/C15H13Cl2NO3/c1-3-21-15(19)12-8-11(13(16)18-14(12)17)9-4-6-10(20-2)7-5-9/h4-8H,3H2,1-2H3. The van der Waals surface area contributed by atoms with E-state index in [1.54, 1.807) is 32.2 Å². The van der Waals surface area contributed by atoms with Crippen molar-refractivity contribution in [3.05, 3.63) is 46.2 Å². The first-order valence-corrected chi connectivity index (χ1v) is 7.00. The van der Waals surface area contributed by atoms with Gasteiger partial charge >= 0.3 is 5.97 Å². The van der Waals surface area contributed by atoms with Crippen LogP contribution in [-0.2, 0) is 4.74 Å². The van der Waals surface area contributed by atoms with Gasteiger partial charge in [0.1, 0.15) is 16.1 Å². The van der Waals surface area contributed by atoms with Gasteiger partial charge in [-0.2, -0.15) is 0 Å². The van der Waals surface area contributed by atoms with Crippen LogP contribution in [0.25, 0.3) is 11.1 Å². The minimum absolute atomic E-state index is 0.0238. The Balaban J connectivity index is 2.47. The van der Waals surface area contributed by atoms with Crippen LogP contribution in [0.5, 0.6) is 5.75 Å². The Hall–Kier alpha value is -1.78. The molecule has 110 valence electrons. The van der Waals surface area contributed by atoms with E-state index in [1.807, 2.05) is 12.1 Å². The van der Waals surface area contributed by atoms with Crippen molar-refractivity contribution in [2.45, 2.75) is 6.92 Å². The fraction of sp³-hybridized carbons (Fsp3) is 0.200. The van der Waals surface area contributed by atoms with Crippen molar-refractivity contribution in [3.63, 3.8) is 0 Å². The number of carbonyl (C=O) groups is 1. The zero-order valence-corrected chi connectivity index (χ0v) is 13.0. The highest BCUT2D eigenvalue weighted by Gasteiger charge is 2.17. The Labute approximate surface area is 132 Å². The van der Waals surface area contributed by atoms with Crippen LogP contribution in [0.15, 0.2) is 30.3 Å². The van der Waals surface area contributed by atoms with Gasteiger partial charge in [-0.3, -0.25) is 0 Å². The lowest BCUT2D eigenvalue weighted by Crippen LogP contribution is -2.07. The Morgan fingerprint density at radius 2 is 1.86 bits per heavy atom. The highest BCUT2D eigenvalue weighted by Crippen LogP contribution is 2.31. The van der Waals surface area contributed by atoms with Gasteiger partial charge in [-0.25, -0.2) is 9.78 Å². The van der Waals surface area contributed by atoms with E-state index in [9.17, 15) is 4.79 Å². The maximum atomic E-state index is 11.9. The summed E-state index contributed by atoms with van der Waals surface area (Å²) in [6, 6.07) is 8.82. The van der Waals surface area contributed by atoms with Crippen LogP contribution in [0.2, 0.25) is 10.3 Å². The van der Waals surface area contributed by atoms with Crippen molar-refractivity contribution < 1.29 is 14.3 Å². The largest absolute Gasteiger partial charge is 0.497 e. The lowest BCUT2D eigenvalue weighted by atomic mass is 10.1. The van der Waals surface area contributed by atoms with E-state index in [1.165, 1.54) is 0 Å². The normalized spacial score (nSPS) is 10.3. The molecule has 0 aliphatic rings. The van der Waals surface area contributed by atoms with Crippen LogP contribution in [0.4, 0.5) is 0 Å². The van der Waals surface area contributed by atoms with Crippen LogP contribution in [-0.4, -0.2) is 24.7 Å². The molecule has 1 aromatic carbocycles. The Morgan fingerprint density at radius 1 is 1.19 bits per heavy atom. The molecule has 4 nitrogen and oxygen atoms in total. The number of hydrogen-bond donors (Lipinski definition) is 0. The molecule has 0 aliphatic heterocycles. The Bertz CT molecular complexity index is 657. The summed E-state index contributed by atoms with van der Waals surface area (Å²) in [4.78, 5) is 15.8. The van der Waals surface area contributed by atoms with Crippen LogP contribution in [0.3, 0.4) is 0 Å². The van der Waals surface area contributed by atoms with E-state index in [2.05, 4.69) is 4.98 Å². The molecule has 0 N–H and O–H groups in total. The monoisotopic (exact) mass is 325 g/mol. The van der Waals surface area contributed by atoms with Crippen LogP contribution in [0, 0.1) is 0 Å². The second kappa shape index (κ2) is 6.78. The van der Waals surface area contributed by atoms with E-state index < -0.39 is 5.97 Å². The molecule has 0 fully saturated rings. The first-order chi connectivity index (χ1) is 10.1. The third-order valence-electron chi connectivity index (χ3n) is 2.83. The topological polar surface area (TPSA) is 48.4 Å². The number of ether oxygens (including phenoxy) is 2. The number of hydrogen-bond acceptors (Lipinski definition) is 4. The molecule has 2 rings (SSSR count). The van der Waals surface area contributed by atoms with E-state index in [4.69, 9.17) is 32.7 Å². The number of aromatic nitrogens is 1. The van der Waals surface area contributed by atoms with Gasteiger partial charge in [0.2, 0.25) is 0 Å². The first-order valence-electron chi connectivity index (χ1n) is 6.24. The zero-order chi connectivity index (χ0) is 15.4. The number of methoxy groups -OCH3 is 1. The van der Waals surface area contributed by atoms with Gasteiger partial charge in [-0.15, -0.1) is 0 Å². The second-order valence-electron chi connectivity index (χ2n) is 4.11. The van der Waals surface area contributed by atoms with Crippen molar-refractivity contribution in [3.8, 4) is 16.9 Å². The minimum Gasteiger partial charge on any atom is -0.497 e. The molecule has 0 atom stereocenters. The minimum atomic E-state index is -0.526. The van der Waals surface area contributed by atoms with Gasteiger partial charge < -0.3 is 9.47 Å². The molecule has 0 radical (unpaired) electrons. The maximum absolute atomic E-state index is 11.9. The zero-order valence-electron chi connectivity index (χ0n) is 11.5. The van der Waals surface area contributed by atoms with E-state index in [0.717, 1.165) is 11.3 Å². The van der Waals surface area contributed by atoms with Crippen molar-refractivity contribution in [1.82, 2.24) is 4.98 Å². The Kier molecular flexibility index (Phi) is 5.04. The van der Waals surface area contributed by atoms with E-state index in [0.29, 0.717) is 5.56 Å². The molecule has 0 unspecified atom stereocenters. The first kappa shape index (κ1) is 15.6. The summed E-state index contributed by atoms with van der Waals surface area (Å²) in [5.41, 5.74) is 1.59. The van der Waals surface area contributed by atoms with E-state index in [-0.39, 0.29) is 22.5 Å². The summed E-state index contributed by atoms with van der Waals surface area (Å²) in [5.74, 6) is 0.198. The molecule has 0 saturated heterocycles. The Morgan fingerprint density at radius 3 is 2.43 bits per heavy atom. The fourth-order valence-electron chi connectivity index (χ4n) is 1.80. The SMILES string of the molecule is CCOC(=O)c1cc(-c2ccc(OC)cc2)c(Cl)nc1Cl. The number of esters is 1. The maximum Gasteiger partial charge on any atom is 0.341 e. The van der Waals surface area contributed by atoms with Crippen LogP contribution in [0.1, 0.15) is 17.3 Å². The highest BCUT2D eigenvalue weighted by molar-refractivity contribution is 6.36. The van der Waals surface area contributed by atoms with Crippen molar-refractivity contribution in [1.29, 1.82) is 0 Å². The number of halogens is 2. The van der Waals surface area contributed by atoms with Gasteiger partial charge in [0.25, 0.3) is 0 Å². The van der Waals surface area contributed by atoms with Gasteiger partial charge in [-0.05, 0) is 30.7 Å². The van der Waals surface area contributed by atoms with Crippen molar-refractivity contribution in [2.75, 3.05) is 13.7 Å². The molecule has 0 amide bonds.